The predicted molar refractivity (Wildman–Crippen MR) is 200 cm³/mol. The van der Waals surface area contributed by atoms with Crippen molar-refractivity contribution >= 4 is 59.1 Å². The minimum atomic E-state index is -1.62. The minimum absolute atomic E-state index is 0.0946. The smallest absolute Gasteiger partial charge is 0.328 e. The third-order valence-corrected chi connectivity index (χ3v) is 9.22. The van der Waals surface area contributed by atoms with Crippen molar-refractivity contribution in [3.63, 3.8) is 0 Å². The molecular formula is C34H60N8O11S. The molecule has 0 aromatic carbocycles. The van der Waals surface area contributed by atoms with E-state index < -0.39 is 108 Å². The Kier molecular flexibility index (Phi) is 21.1. The molecule has 0 radical (unpaired) electrons. The second-order valence-corrected chi connectivity index (χ2v) is 15.2. The molecule has 1 rings (SSSR count). The number of carbonyl (C=O) groups excluding carboxylic acids is 7. The van der Waals surface area contributed by atoms with Crippen LogP contribution in [0.15, 0.2) is 0 Å². The maximum atomic E-state index is 13.4. The maximum absolute atomic E-state index is 13.4. The topological polar surface area (TPSA) is 293 Å². The lowest BCUT2D eigenvalue weighted by Crippen LogP contribution is -2.61. The molecule has 54 heavy (non-hydrogen) atoms. The van der Waals surface area contributed by atoms with Gasteiger partial charge in [0.25, 0.3) is 0 Å². The Balaban J connectivity index is 2.97. The number of rotatable bonds is 23. The molecule has 11 N–H and O–H groups in total. The summed E-state index contributed by atoms with van der Waals surface area (Å²) in [5.74, 6) is -6.74. The highest BCUT2D eigenvalue weighted by atomic mass is 32.2. The molecule has 0 saturated carbocycles. The molecule has 308 valence electrons. The van der Waals surface area contributed by atoms with Gasteiger partial charge in [-0.25, -0.2) is 4.79 Å². The van der Waals surface area contributed by atoms with Crippen molar-refractivity contribution in [1.29, 1.82) is 0 Å². The van der Waals surface area contributed by atoms with Crippen LogP contribution in [0.2, 0.25) is 0 Å². The fourth-order valence-corrected chi connectivity index (χ4v) is 5.83. The Morgan fingerprint density at radius 3 is 1.70 bits per heavy atom. The molecule has 1 aliphatic rings. The number of hydrogen-bond acceptors (Lipinski definition) is 12. The van der Waals surface area contributed by atoms with Crippen molar-refractivity contribution < 1.29 is 53.7 Å². The van der Waals surface area contributed by atoms with Crippen molar-refractivity contribution in [1.82, 2.24) is 42.5 Å². The van der Waals surface area contributed by atoms with Crippen LogP contribution in [-0.4, -0.2) is 142 Å². The summed E-state index contributed by atoms with van der Waals surface area (Å²) in [6.45, 7) is 10.7. The Morgan fingerprint density at radius 2 is 1.20 bits per heavy atom. The van der Waals surface area contributed by atoms with Gasteiger partial charge in [0.2, 0.25) is 41.4 Å². The Labute approximate surface area is 320 Å². The standard InChI is InChI=1S/C34H60N8O11S/c1-16(2)14-23(31(49)37-18(5)27(45)38-22(11-13-54-8)30(48)42-26(20(7)44)34(52)53)39-32(50)24(15-43)40-33(51)25(17(3)4)41-28(46)19(6)36-29(47)21-10-9-12-35-21/h16-26,35,43-44H,9-15H2,1-8H3,(H,36,47)(H,37,49)(H,38,45)(H,39,50)(H,40,51)(H,41,46)(H,42,48)(H,52,53)/t18-,19-,20+,21-,22-,23-,24-,25-,26-/m0/s1. The highest BCUT2D eigenvalue weighted by Gasteiger charge is 2.34. The fourth-order valence-electron chi connectivity index (χ4n) is 5.36. The SMILES string of the molecule is CSCC[C@H](NC(=O)[C@H](C)NC(=O)[C@H](CC(C)C)NC(=O)[C@H](CO)NC(=O)[C@@H](NC(=O)[C@H](C)NC(=O)[C@@H]1CCCN1)C(C)C)C(=O)N[C@H](C(=O)O)[C@@H](C)O. The van der Waals surface area contributed by atoms with Gasteiger partial charge >= 0.3 is 5.97 Å². The molecule has 1 aliphatic heterocycles. The van der Waals surface area contributed by atoms with Gasteiger partial charge in [0.1, 0.15) is 36.3 Å². The van der Waals surface area contributed by atoms with Crippen LogP contribution in [0.1, 0.15) is 74.1 Å². The van der Waals surface area contributed by atoms with Crippen LogP contribution in [0.3, 0.4) is 0 Å². The van der Waals surface area contributed by atoms with Gasteiger partial charge in [0, 0.05) is 0 Å². The summed E-state index contributed by atoms with van der Waals surface area (Å²) in [4.78, 5) is 103. The first kappa shape index (κ1) is 48.0. The van der Waals surface area contributed by atoms with Gasteiger partial charge in [0.15, 0.2) is 6.04 Å². The average molecular weight is 789 g/mol. The van der Waals surface area contributed by atoms with E-state index in [9.17, 15) is 53.7 Å². The summed E-state index contributed by atoms with van der Waals surface area (Å²) in [5, 5.41) is 49.5. The van der Waals surface area contributed by atoms with E-state index in [-0.39, 0.29) is 24.7 Å². The van der Waals surface area contributed by atoms with Gasteiger partial charge in [-0.2, -0.15) is 11.8 Å². The van der Waals surface area contributed by atoms with Crippen molar-refractivity contribution in [3.05, 3.63) is 0 Å². The van der Waals surface area contributed by atoms with Gasteiger partial charge in [-0.3, -0.25) is 33.6 Å². The van der Waals surface area contributed by atoms with Gasteiger partial charge in [-0.05, 0) is 76.8 Å². The van der Waals surface area contributed by atoms with E-state index in [0.717, 1.165) is 6.42 Å². The fraction of sp³-hybridized carbons (Fsp3) is 0.765. The van der Waals surface area contributed by atoms with Crippen molar-refractivity contribution in [2.45, 2.75) is 129 Å². The molecule has 0 aromatic rings. The molecule has 0 aromatic heterocycles. The number of thioether (sulfide) groups is 1. The maximum Gasteiger partial charge on any atom is 0.328 e. The van der Waals surface area contributed by atoms with Crippen LogP contribution >= 0.6 is 11.8 Å². The monoisotopic (exact) mass is 788 g/mol. The lowest BCUT2D eigenvalue weighted by atomic mass is 10.0. The van der Waals surface area contributed by atoms with Gasteiger partial charge in [0.05, 0.1) is 18.8 Å². The number of aliphatic hydroxyl groups is 2. The van der Waals surface area contributed by atoms with E-state index in [0.29, 0.717) is 18.7 Å². The molecular weight excluding hydrogens is 728 g/mol. The lowest BCUT2D eigenvalue weighted by Gasteiger charge is -2.28. The molecule has 0 unspecified atom stereocenters. The summed E-state index contributed by atoms with van der Waals surface area (Å²) < 4.78 is 0. The second-order valence-electron chi connectivity index (χ2n) is 14.2. The second kappa shape index (κ2) is 23.7. The Morgan fingerprint density at radius 1 is 0.685 bits per heavy atom. The quantitative estimate of drug-likeness (QED) is 0.0496. The summed E-state index contributed by atoms with van der Waals surface area (Å²) in [7, 11) is 0. The number of carbonyl (C=O) groups is 8. The zero-order chi connectivity index (χ0) is 41.3. The highest BCUT2D eigenvalue weighted by molar-refractivity contribution is 7.98. The largest absolute Gasteiger partial charge is 0.480 e. The molecule has 1 fully saturated rings. The van der Waals surface area contributed by atoms with Crippen LogP contribution in [0, 0.1) is 11.8 Å². The number of aliphatic hydroxyl groups excluding tert-OH is 2. The third kappa shape index (κ3) is 16.2. The first-order valence-electron chi connectivity index (χ1n) is 18.1. The average Bonchev–Trinajstić information content (AvgIpc) is 3.64. The lowest BCUT2D eigenvalue weighted by molar-refractivity contribution is -0.145. The zero-order valence-electron chi connectivity index (χ0n) is 32.3. The molecule has 1 saturated heterocycles. The summed E-state index contributed by atoms with van der Waals surface area (Å²) in [6.07, 6.45) is 2.03. The van der Waals surface area contributed by atoms with E-state index in [1.807, 2.05) is 0 Å². The third-order valence-electron chi connectivity index (χ3n) is 8.57. The number of nitrogens with one attached hydrogen (secondary N) is 8. The van der Waals surface area contributed by atoms with Crippen LogP contribution in [0.5, 0.6) is 0 Å². The van der Waals surface area contributed by atoms with E-state index >= 15 is 0 Å². The molecule has 20 heteroatoms. The molecule has 0 bridgehead atoms. The Bertz CT molecular complexity index is 1310. The van der Waals surface area contributed by atoms with E-state index in [2.05, 4.69) is 42.5 Å². The molecule has 7 amide bonds. The van der Waals surface area contributed by atoms with Crippen molar-refractivity contribution in [2.75, 3.05) is 25.2 Å². The highest BCUT2D eigenvalue weighted by Crippen LogP contribution is 2.09. The summed E-state index contributed by atoms with van der Waals surface area (Å²) in [6, 6.07) is -9.33. The Hall–Kier alpha value is -4.01. The predicted octanol–water partition coefficient (Wildman–Crippen LogP) is -2.92. The van der Waals surface area contributed by atoms with Crippen LogP contribution < -0.4 is 42.5 Å². The number of aliphatic carboxylic acids is 1. The molecule has 0 aliphatic carbocycles. The zero-order valence-corrected chi connectivity index (χ0v) is 33.1. The number of amides is 7. The number of carboxylic acid groups (broad SMARTS) is 1. The van der Waals surface area contributed by atoms with E-state index in [4.69, 9.17) is 0 Å². The minimum Gasteiger partial charge on any atom is -0.480 e. The number of hydrogen-bond donors (Lipinski definition) is 11. The summed E-state index contributed by atoms with van der Waals surface area (Å²) in [5.41, 5.74) is 0. The molecule has 0 spiro atoms. The molecule has 9 atom stereocenters. The van der Waals surface area contributed by atoms with Crippen molar-refractivity contribution in [2.24, 2.45) is 11.8 Å². The van der Waals surface area contributed by atoms with E-state index in [1.165, 1.54) is 32.5 Å². The van der Waals surface area contributed by atoms with Crippen LogP contribution in [0.25, 0.3) is 0 Å². The normalized spacial score (nSPS) is 18.5. The van der Waals surface area contributed by atoms with Crippen molar-refractivity contribution in [3.8, 4) is 0 Å². The molecule has 1 heterocycles. The number of carboxylic acids is 1. The van der Waals surface area contributed by atoms with Crippen LogP contribution in [0.4, 0.5) is 0 Å². The van der Waals surface area contributed by atoms with Gasteiger partial charge < -0.3 is 57.9 Å². The van der Waals surface area contributed by atoms with E-state index in [1.54, 1.807) is 34.0 Å². The molecule has 19 nitrogen and oxygen atoms in total. The summed E-state index contributed by atoms with van der Waals surface area (Å²) >= 11 is 1.37. The first-order valence-corrected chi connectivity index (χ1v) is 19.5. The van der Waals surface area contributed by atoms with Gasteiger partial charge in [-0.1, -0.05) is 27.7 Å². The first-order chi connectivity index (χ1) is 25.2. The van der Waals surface area contributed by atoms with Crippen LogP contribution in [-0.2, 0) is 38.4 Å². The van der Waals surface area contributed by atoms with Gasteiger partial charge in [-0.15, -0.1) is 0 Å².